The lowest BCUT2D eigenvalue weighted by Crippen LogP contribution is -2.64. The lowest BCUT2D eigenvalue weighted by Gasteiger charge is -2.43. The monoisotopic (exact) mass is 590 g/mol. The van der Waals surface area contributed by atoms with Crippen molar-refractivity contribution >= 4 is 29.3 Å². The lowest BCUT2D eigenvalue weighted by atomic mass is 9.87. The normalized spacial score (nSPS) is 20.1. The highest BCUT2D eigenvalue weighted by atomic mass is 16.2. The maximum atomic E-state index is 14.0. The zero-order valence-electron chi connectivity index (χ0n) is 26.0. The number of aryl methyl sites for hydroxylation is 1. The minimum atomic E-state index is -0.748. The molecule has 2 aromatic carbocycles. The Morgan fingerprint density at radius 1 is 0.977 bits per heavy atom. The molecule has 10 heteroatoms. The van der Waals surface area contributed by atoms with Crippen LogP contribution < -0.4 is 21.3 Å². The van der Waals surface area contributed by atoms with E-state index >= 15 is 0 Å². The number of nitrogens with one attached hydrogen (secondary N) is 4. The molecule has 0 spiro atoms. The molecule has 1 heterocycles. The topological polar surface area (TPSA) is 123 Å². The van der Waals surface area contributed by atoms with Crippen LogP contribution in [0, 0.1) is 5.92 Å². The number of hydrogen-bond acceptors (Lipinski definition) is 6. The van der Waals surface area contributed by atoms with E-state index in [2.05, 4.69) is 38.3 Å². The van der Waals surface area contributed by atoms with Gasteiger partial charge in [0.2, 0.25) is 23.6 Å². The van der Waals surface area contributed by atoms with Crippen molar-refractivity contribution in [2.24, 2.45) is 5.92 Å². The predicted octanol–water partition coefficient (Wildman–Crippen LogP) is 2.60. The molecule has 232 valence electrons. The third-order valence-electron chi connectivity index (χ3n) is 8.47. The van der Waals surface area contributed by atoms with Crippen molar-refractivity contribution in [2.45, 2.75) is 77.7 Å². The van der Waals surface area contributed by atoms with Crippen molar-refractivity contribution < 1.29 is 19.2 Å². The van der Waals surface area contributed by atoms with Crippen LogP contribution in [0.1, 0.15) is 63.3 Å². The molecule has 1 fully saturated rings. The Bertz CT molecular complexity index is 1300. The Morgan fingerprint density at radius 3 is 2.37 bits per heavy atom. The molecule has 4 N–H and O–H groups in total. The van der Waals surface area contributed by atoms with Crippen LogP contribution >= 0.6 is 0 Å². The summed E-state index contributed by atoms with van der Waals surface area (Å²) in [4.78, 5) is 56.1. The highest BCUT2D eigenvalue weighted by molar-refractivity contribution is 5.93. The van der Waals surface area contributed by atoms with Gasteiger partial charge < -0.3 is 26.2 Å². The van der Waals surface area contributed by atoms with Gasteiger partial charge in [-0.3, -0.25) is 24.1 Å². The second kappa shape index (κ2) is 14.6. The molecular weight excluding hydrogens is 544 g/mol. The van der Waals surface area contributed by atoms with Crippen molar-refractivity contribution in [3.8, 4) is 0 Å². The van der Waals surface area contributed by atoms with Crippen molar-refractivity contribution in [3.05, 3.63) is 65.2 Å². The number of carbonyl (C=O) groups excluding carboxylic acids is 4. The van der Waals surface area contributed by atoms with E-state index in [-0.39, 0.29) is 35.6 Å². The van der Waals surface area contributed by atoms with E-state index < -0.39 is 18.1 Å². The molecule has 4 amide bonds. The molecule has 4 atom stereocenters. The molecule has 0 saturated carbocycles. The molecule has 1 aliphatic heterocycles. The van der Waals surface area contributed by atoms with E-state index in [1.54, 1.807) is 18.9 Å². The second-order valence-electron chi connectivity index (χ2n) is 12.1. The van der Waals surface area contributed by atoms with Gasteiger partial charge in [-0.1, -0.05) is 50.2 Å². The molecule has 43 heavy (non-hydrogen) atoms. The van der Waals surface area contributed by atoms with E-state index in [1.165, 1.54) is 12.5 Å². The van der Waals surface area contributed by atoms with Crippen LogP contribution in [0.25, 0.3) is 0 Å². The number of fused-ring (bicyclic) bond motifs is 1. The Labute approximate surface area is 255 Å². The number of hydrogen-bond donors (Lipinski definition) is 4. The van der Waals surface area contributed by atoms with E-state index in [4.69, 9.17) is 0 Å². The van der Waals surface area contributed by atoms with E-state index in [0.717, 1.165) is 36.1 Å². The summed E-state index contributed by atoms with van der Waals surface area (Å²) in [5.41, 5.74) is 4.16. The van der Waals surface area contributed by atoms with Crippen molar-refractivity contribution in [3.63, 3.8) is 0 Å². The zero-order chi connectivity index (χ0) is 31.1. The Kier molecular flexibility index (Phi) is 10.9. The van der Waals surface area contributed by atoms with Gasteiger partial charge in [-0.05, 0) is 68.0 Å². The van der Waals surface area contributed by atoms with Crippen LogP contribution in [0.4, 0.5) is 5.69 Å². The van der Waals surface area contributed by atoms with Crippen molar-refractivity contribution in [1.82, 2.24) is 25.8 Å². The highest BCUT2D eigenvalue weighted by Gasteiger charge is 2.40. The molecule has 2 aromatic rings. The average Bonchev–Trinajstić information content (AvgIpc) is 2.99. The summed E-state index contributed by atoms with van der Waals surface area (Å²) in [6, 6.07) is 13.9. The van der Waals surface area contributed by atoms with Gasteiger partial charge in [0.25, 0.3) is 0 Å². The number of benzene rings is 2. The van der Waals surface area contributed by atoms with E-state index in [1.807, 2.05) is 50.2 Å². The summed E-state index contributed by atoms with van der Waals surface area (Å²) < 4.78 is 0. The largest absolute Gasteiger partial charge is 0.347 e. The quantitative estimate of drug-likeness (QED) is 0.338. The van der Waals surface area contributed by atoms with Crippen LogP contribution in [-0.4, -0.2) is 78.2 Å². The number of piperazine rings is 1. The van der Waals surface area contributed by atoms with E-state index in [9.17, 15) is 19.2 Å². The molecule has 4 rings (SSSR count). The van der Waals surface area contributed by atoms with Crippen LogP contribution in [0.15, 0.2) is 48.5 Å². The maximum absolute atomic E-state index is 14.0. The third-order valence-corrected chi connectivity index (χ3v) is 8.47. The Balaban J connectivity index is 1.55. The first-order chi connectivity index (χ1) is 20.6. The van der Waals surface area contributed by atoms with Crippen LogP contribution in [0.2, 0.25) is 0 Å². The first kappa shape index (κ1) is 32.2. The fourth-order valence-corrected chi connectivity index (χ4v) is 5.90. The standard InChI is InChI=1S/C33H46N6O4/c1-21(2)30(37-31(41)22(3)34-5)33(43)39-18-17-38(19-24-13-15-26(16-14-24)35-23(4)40)20-29(39)32(42)36-28-12-8-10-25-9-6-7-11-27(25)28/h6-7,9,11,13-16,21-22,28-30,34H,8,10,12,17-20H2,1-5H3,(H,35,40)(H,36,42)(H,37,41)/t22-,28?,29-,30-/m0/s1. The van der Waals surface area contributed by atoms with Gasteiger partial charge in [-0.15, -0.1) is 0 Å². The first-order valence-corrected chi connectivity index (χ1v) is 15.3. The average molecular weight is 591 g/mol. The molecule has 1 aliphatic carbocycles. The number of rotatable bonds is 10. The predicted molar refractivity (Wildman–Crippen MR) is 167 cm³/mol. The van der Waals surface area contributed by atoms with Gasteiger partial charge in [0.15, 0.2) is 0 Å². The molecule has 0 aromatic heterocycles. The Morgan fingerprint density at radius 2 is 1.70 bits per heavy atom. The van der Waals surface area contributed by atoms with Crippen molar-refractivity contribution in [2.75, 3.05) is 32.0 Å². The van der Waals surface area contributed by atoms with Gasteiger partial charge in [-0.2, -0.15) is 0 Å². The third kappa shape index (κ3) is 8.20. The molecule has 0 radical (unpaired) electrons. The summed E-state index contributed by atoms with van der Waals surface area (Å²) >= 11 is 0. The van der Waals surface area contributed by atoms with Crippen LogP contribution in [0.3, 0.4) is 0 Å². The van der Waals surface area contributed by atoms with Gasteiger partial charge in [-0.25, -0.2) is 0 Å². The van der Waals surface area contributed by atoms with Gasteiger partial charge in [0.1, 0.15) is 12.1 Å². The number of amides is 4. The SMILES string of the molecule is CN[C@@H](C)C(=O)N[C@H](C(=O)N1CCN(Cc2ccc(NC(C)=O)cc2)C[C@H]1C(=O)NC1CCCc2ccccc21)C(C)C. The molecule has 1 unspecified atom stereocenters. The van der Waals surface area contributed by atoms with Gasteiger partial charge in [0, 0.05) is 38.8 Å². The van der Waals surface area contributed by atoms with Gasteiger partial charge >= 0.3 is 0 Å². The van der Waals surface area contributed by atoms with Gasteiger partial charge in [0.05, 0.1) is 12.1 Å². The summed E-state index contributed by atoms with van der Waals surface area (Å²) in [5, 5.41) is 11.9. The van der Waals surface area contributed by atoms with E-state index in [0.29, 0.717) is 26.2 Å². The fraction of sp³-hybridized carbons (Fsp3) is 0.515. The minimum Gasteiger partial charge on any atom is -0.347 e. The minimum absolute atomic E-state index is 0.108. The van der Waals surface area contributed by atoms with Crippen LogP contribution in [-0.2, 0) is 32.1 Å². The lowest BCUT2D eigenvalue weighted by molar-refractivity contribution is -0.148. The van der Waals surface area contributed by atoms with Crippen LogP contribution in [0.5, 0.6) is 0 Å². The number of anilines is 1. The molecular formula is C33H46N6O4. The Hall–Kier alpha value is -3.76. The second-order valence-corrected chi connectivity index (χ2v) is 12.1. The smallest absolute Gasteiger partial charge is 0.246 e. The molecule has 1 saturated heterocycles. The number of likely N-dealkylation sites (N-methyl/N-ethyl adjacent to an activating group) is 1. The summed E-state index contributed by atoms with van der Waals surface area (Å²) in [6.45, 7) is 8.94. The zero-order valence-corrected chi connectivity index (χ0v) is 26.0. The summed E-state index contributed by atoms with van der Waals surface area (Å²) in [5.74, 6) is -0.960. The molecule has 2 aliphatic rings. The summed E-state index contributed by atoms with van der Waals surface area (Å²) in [6.07, 6.45) is 2.83. The number of carbonyl (C=O) groups is 4. The maximum Gasteiger partial charge on any atom is 0.246 e. The highest BCUT2D eigenvalue weighted by Crippen LogP contribution is 2.30. The molecule has 0 bridgehead atoms. The fourth-order valence-electron chi connectivity index (χ4n) is 5.90. The molecule has 10 nitrogen and oxygen atoms in total. The van der Waals surface area contributed by atoms with Crippen molar-refractivity contribution in [1.29, 1.82) is 0 Å². The number of nitrogens with zero attached hydrogens (tertiary/aromatic N) is 2. The summed E-state index contributed by atoms with van der Waals surface area (Å²) in [7, 11) is 1.70. The first-order valence-electron chi connectivity index (χ1n) is 15.3.